The highest BCUT2D eigenvalue weighted by Gasteiger charge is 2.28. The lowest BCUT2D eigenvalue weighted by molar-refractivity contribution is 0.0928. The standard InChI is InChI=1S/C17H24FN3O/c18-14-10-12(6-7-16(14)21-8-1-2-9-21)17(22)20-15-5-3-4-13(15)11-19/h6-7,10,13,15H,1-5,8-9,11,19H2,(H,20,22). The van der Waals surface area contributed by atoms with Gasteiger partial charge in [0.15, 0.2) is 0 Å². The van der Waals surface area contributed by atoms with Crippen LogP contribution in [0.3, 0.4) is 0 Å². The highest BCUT2D eigenvalue weighted by molar-refractivity contribution is 5.94. The molecule has 0 spiro atoms. The van der Waals surface area contributed by atoms with E-state index in [1.165, 1.54) is 6.07 Å². The summed E-state index contributed by atoms with van der Waals surface area (Å²) in [7, 11) is 0. The van der Waals surface area contributed by atoms with Gasteiger partial charge in [0, 0.05) is 24.7 Å². The number of anilines is 1. The number of nitrogens with one attached hydrogen (secondary N) is 1. The Hall–Kier alpha value is -1.62. The van der Waals surface area contributed by atoms with Gasteiger partial charge >= 0.3 is 0 Å². The van der Waals surface area contributed by atoms with Crippen molar-refractivity contribution >= 4 is 11.6 Å². The van der Waals surface area contributed by atoms with Crippen molar-refractivity contribution in [1.82, 2.24) is 5.32 Å². The number of carbonyl (C=O) groups is 1. The van der Waals surface area contributed by atoms with Gasteiger partial charge in [-0.2, -0.15) is 0 Å². The van der Waals surface area contributed by atoms with Gasteiger partial charge in [0.25, 0.3) is 5.91 Å². The second kappa shape index (κ2) is 6.65. The molecule has 2 fully saturated rings. The minimum Gasteiger partial charge on any atom is -0.369 e. The van der Waals surface area contributed by atoms with E-state index in [9.17, 15) is 9.18 Å². The molecule has 3 N–H and O–H groups in total. The first kappa shape index (κ1) is 15.3. The number of benzene rings is 1. The molecule has 1 heterocycles. The summed E-state index contributed by atoms with van der Waals surface area (Å²) in [6, 6.07) is 4.93. The summed E-state index contributed by atoms with van der Waals surface area (Å²) in [5.41, 5.74) is 6.73. The normalized spacial score (nSPS) is 24.7. The van der Waals surface area contributed by atoms with E-state index in [-0.39, 0.29) is 17.8 Å². The monoisotopic (exact) mass is 305 g/mol. The van der Waals surface area contributed by atoms with E-state index in [2.05, 4.69) is 5.32 Å². The van der Waals surface area contributed by atoms with Crippen molar-refractivity contribution in [2.75, 3.05) is 24.5 Å². The second-order valence-corrected chi connectivity index (χ2v) is 6.37. The molecule has 120 valence electrons. The van der Waals surface area contributed by atoms with Crippen LogP contribution in [0.1, 0.15) is 42.5 Å². The molecule has 0 aromatic heterocycles. The third kappa shape index (κ3) is 3.09. The first-order chi connectivity index (χ1) is 10.7. The highest BCUT2D eigenvalue weighted by Crippen LogP contribution is 2.26. The summed E-state index contributed by atoms with van der Waals surface area (Å²) >= 11 is 0. The third-order valence-corrected chi connectivity index (χ3v) is 4.93. The van der Waals surface area contributed by atoms with Crippen molar-refractivity contribution in [2.24, 2.45) is 11.7 Å². The van der Waals surface area contributed by atoms with E-state index >= 15 is 0 Å². The second-order valence-electron chi connectivity index (χ2n) is 6.37. The van der Waals surface area contributed by atoms with E-state index in [0.29, 0.717) is 23.7 Å². The summed E-state index contributed by atoms with van der Waals surface area (Å²) in [5, 5.41) is 3.01. The number of rotatable bonds is 4. The SMILES string of the molecule is NCC1CCCC1NC(=O)c1ccc(N2CCCC2)c(F)c1. The molecular formula is C17H24FN3O. The minimum absolute atomic E-state index is 0.124. The molecule has 4 nitrogen and oxygen atoms in total. The molecule has 2 unspecified atom stereocenters. The Morgan fingerprint density at radius 2 is 2.05 bits per heavy atom. The van der Waals surface area contributed by atoms with E-state index in [4.69, 9.17) is 5.73 Å². The molecule has 1 aromatic carbocycles. The van der Waals surface area contributed by atoms with E-state index in [1.54, 1.807) is 12.1 Å². The first-order valence-electron chi connectivity index (χ1n) is 8.24. The Morgan fingerprint density at radius 3 is 2.73 bits per heavy atom. The topological polar surface area (TPSA) is 58.4 Å². The molecule has 1 saturated carbocycles. The molecule has 3 rings (SSSR count). The highest BCUT2D eigenvalue weighted by atomic mass is 19.1. The van der Waals surface area contributed by atoms with Crippen LogP contribution in [0.2, 0.25) is 0 Å². The summed E-state index contributed by atoms with van der Waals surface area (Å²) in [6.07, 6.45) is 5.31. The van der Waals surface area contributed by atoms with Crippen molar-refractivity contribution in [2.45, 2.75) is 38.1 Å². The number of carbonyl (C=O) groups excluding carboxylic acids is 1. The molecular weight excluding hydrogens is 281 g/mol. The Morgan fingerprint density at radius 1 is 1.27 bits per heavy atom. The number of nitrogens with zero attached hydrogens (tertiary/aromatic N) is 1. The fourth-order valence-electron chi connectivity index (χ4n) is 3.62. The maximum atomic E-state index is 14.3. The van der Waals surface area contributed by atoms with Crippen molar-refractivity contribution < 1.29 is 9.18 Å². The minimum atomic E-state index is -0.309. The number of halogens is 1. The van der Waals surface area contributed by atoms with Crippen LogP contribution < -0.4 is 16.0 Å². The van der Waals surface area contributed by atoms with Gasteiger partial charge in [-0.1, -0.05) is 6.42 Å². The van der Waals surface area contributed by atoms with Crippen molar-refractivity contribution in [3.63, 3.8) is 0 Å². The zero-order chi connectivity index (χ0) is 15.5. The quantitative estimate of drug-likeness (QED) is 0.897. The number of hydrogen-bond acceptors (Lipinski definition) is 3. The van der Waals surface area contributed by atoms with Crippen LogP contribution in [0.25, 0.3) is 0 Å². The molecule has 2 atom stereocenters. The number of hydrogen-bond donors (Lipinski definition) is 2. The average molecular weight is 305 g/mol. The van der Waals surface area contributed by atoms with Crippen LogP contribution in [-0.4, -0.2) is 31.6 Å². The van der Waals surface area contributed by atoms with Gasteiger partial charge in [0.05, 0.1) is 5.69 Å². The fraction of sp³-hybridized carbons (Fsp3) is 0.588. The molecule has 1 amide bonds. The van der Waals surface area contributed by atoms with Gasteiger partial charge in [-0.3, -0.25) is 4.79 Å². The Kier molecular flexibility index (Phi) is 4.62. The number of nitrogens with two attached hydrogens (primary N) is 1. The van der Waals surface area contributed by atoms with Crippen LogP contribution in [0.5, 0.6) is 0 Å². The smallest absolute Gasteiger partial charge is 0.251 e. The molecule has 1 aromatic rings. The average Bonchev–Trinajstić information content (AvgIpc) is 3.18. The summed E-state index contributed by atoms with van der Waals surface area (Å²) in [6.45, 7) is 2.37. The Balaban J connectivity index is 1.69. The molecule has 0 bridgehead atoms. The van der Waals surface area contributed by atoms with Crippen molar-refractivity contribution in [1.29, 1.82) is 0 Å². The van der Waals surface area contributed by atoms with Crippen LogP contribution >= 0.6 is 0 Å². The molecule has 22 heavy (non-hydrogen) atoms. The maximum Gasteiger partial charge on any atom is 0.251 e. The van der Waals surface area contributed by atoms with E-state index in [1.807, 2.05) is 4.90 Å². The molecule has 1 aliphatic carbocycles. The fourth-order valence-corrected chi connectivity index (χ4v) is 3.62. The Bertz CT molecular complexity index is 543. The summed E-state index contributed by atoms with van der Waals surface area (Å²) < 4.78 is 14.3. The van der Waals surface area contributed by atoms with Gasteiger partial charge in [-0.15, -0.1) is 0 Å². The van der Waals surface area contributed by atoms with Gasteiger partial charge in [-0.25, -0.2) is 4.39 Å². The summed E-state index contributed by atoms with van der Waals surface area (Å²) in [5.74, 6) is -0.161. The first-order valence-corrected chi connectivity index (χ1v) is 8.24. The van der Waals surface area contributed by atoms with Gasteiger partial charge in [0.1, 0.15) is 5.82 Å². The van der Waals surface area contributed by atoms with Crippen LogP contribution in [0, 0.1) is 11.7 Å². The lowest BCUT2D eigenvalue weighted by Crippen LogP contribution is -2.39. The van der Waals surface area contributed by atoms with E-state index in [0.717, 1.165) is 45.2 Å². The number of amides is 1. The predicted octanol–water partition coefficient (Wildman–Crippen LogP) is 2.28. The molecule has 0 radical (unpaired) electrons. The lowest BCUT2D eigenvalue weighted by Gasteiger charge is -2.21. The third-order valence-electron chi connectivity index (χ3n) is 4.93. The van der Waals surface area contributed by atoms with Gasteiger partial charge in [-0.05, 0) is 56.3 Å². The van der Waals surface area contributed by atoms with Gasteiger partial charge < -0.3 is 16.0 Å². The molecule has 1 aliphatic heterocycles. The van der Waals surface area contributed by atoms with Crippen LogP contribution in [0.15, 0.2) is 18.2 Å². The Labute approximate surface area is 130 Å². The molecule has 2 aliphatic rings. The van der Waals surface area contributed by atoms with Crippen molar-refractivity contribution in [3.05, 3.63) is 29.6 Å². The lowest BCUT2D eigenvalue weighted by atomic mass is 10.0. The zero-order valence-corrected chi connectivity index (χ0v) is 12.9. The van der Waals surface area contributed by atoms with Crippen LogP contribution in [-0.2, 0) is 0 Å². The molecule has 1 saturated heterocycles. The maximum absolute atomic E-state index is 14.3. The largest absolute Gasteiger partial charge is 0.369 e. The summed E-state index contributed by atoms with van der Waals surface area (Å²) in [4.78, 5) is 14.4. The van der Waals surface area contributed by atoms with Gasteiger partial charge in [0.2, 0.25) is 0 Å². The van der Waals surface area contributed by atoms with Crippen LogP contribution in [0.4, 0.5) is 10.1 Å². The van der Waals surface area contributed by atoms with Crippen molar-refractivity contribution in [3.8, 4) is 0 Å². The molecule has 5 heteroatoms. The zero-order valence-electron chi connectivity index (χ0n) is 12.9. The predicted molar refractivity (Wildman–Crippen MR) is 85.5 cm³/mol. The van der Waals surface area contributed by atoms with E-state index < -0.39 is 0 Å².